The summed E-state index contributed by atoms with van der Waals surface area (Å²) in [7, 11) is -0.0765. The van der Waals surface area contributed by atoms with Gasteiger partial charge in [0.05, 0.1) is 0 Å². The summed E-state index contributed by atoms with van der Waals surface area (Å²) in [6.07, 6.45) is 15.4. The van der Waals surface area contributed by atoms with Gasteiger partial charge in [-0.25, -0.2) is 0 Å². The van der Waals surface area contributed by atoms with Gasteiger partial charge in [0, 0.05) is 0 Å². The zero-order valence-electron chi connectivity index (χ0n) is 10.9. The summed E-state index contributed by atoms with van der Waals surface area (Å²) in [4.78, 5) is 0. The summed E-state index contributed by atoms with van der Waals surface area (Å²) in [5.41, 5.74) is 0.933. The van der Waals surface area contributed by atoms with E-state index in [2.05, 4.69) is 48.6 Å². The normalized spacial score (nSPS) is 21.9. The van der Waals surface area contributed by atoms with Gasteiger partial charge in [0.1, 0.15) is 0 Å². The second-order valence-electron chi connectivity index (χ2n) is 5.29. The maximum absolute atomic E-state index is 2.38. The average Bonchev–Trinajstić information content (AvgIpc) is 2.95. The molecular weight excluding hydrogens is 235 g/mol. The molecule has 0 spiro atoms. The van der Waals surface area contributed by atoms with Crippen LogP contribution in [-0.2, 0) is 0 Å². The molecule has 1 saturated carbocycles. The van der Waals surface area contributed by atoms with Crippen LogP contribution in [0.4, 0.5) is 0 Å². The SMILES string of the molecule is C1=CCC(P(c2ccccc2)C2CCCCC2)=C1. The highest BCUT2D eigenvalue weighted by Crippen LogP contribution is 2.55. The van der Waals surface area contributed by atoms with Crippen LogP contribution in [0, 0.1) is 0 Å². The van der Waals surface area contributed by atoms with Crippen molar-refractivity contribution in [3.63, 3.8) is 0 Å². The van der Waals surface area contributed by atoms with Gasteiger partial charge in [-0.15, -0.1) is 0 Å². The number of rotatable bonds is 3. The molecule has 1 aromatic carbocycles. The molecule has 0 N–H and O–H groups in total. The van der Waals surface area contributed by atoms with E-state index < -0.39 is 0 Å². The first-order valence-corrected chi connectivity index (χ1v) is 8.56. The predicted octanol–water partition coefficient (Wildman–Crippen LogP) is 4.97. The minimum atomic E-state index is -0.0765. The van der Waals surface area contributed by atoms with Crippen molar-refractivity contribution >= 4 is 13.2 Å². The van der Waals surface area contributed by atoms with Crippen molar-refractivity contribution in [2.24, 2.45) is 0 Å². The van der Waals surface area contributed by atoms with Gasteiger partial charge in [-0.2, -0.15) is 0 Å². The Morgan fingerprint density at radius 2 is 1.72 bits per heavy atom. The van der Waals surface area contributed by atoms with E-state index in [0.29, 0.717) is 0 Å². The zero-order valence-corrected chi connectivity index (χ0v) is 11.8. The lowest BCUT2D eigenvalue weighted by molar-refractivity contribution is 0.512. The molecule has 2 aliphatic carbocycles. The molecule has 1 atom stereocenters. The summed E-state index contributed by atoms with van der Waals surface area (Å²) in [5, 5.41) is 3.29. The van der Waals surface area contributed by atoms with Crippen molar-refractivity contribution in [1.82, 2.24) is 0 Å². The van der Waals surface area contributed by atoms with E-state index in [1.165, 1.54) is 38.5 Å². The van der Waals surface area contributed by atoms with Crippen molar-refractivity contribution in [3.8, 4) is 0 Å². The number of hydrogen-bond acceptors (Lipinski definition) is 0. The second kappa shape index (κ2) is 5.85. The summed E-state index contributed by atoms with van der Waals surface area (Å²) in [5.74, 6) is 0. The predicted molar refractivity (Wildman–Crippen MR) is 81.7 cm³/mol. The lowest BCUT2D eigenvalue weighted by atomic mass is 10.0. The first-order valence-electron chi connectivity index (χ1n) is 7.15. The summed E-state index contributed by atoms with van der Waals surface area (Å²) >= 11 is 0. The van der Waals surface area contributed by atoms with Crippen molar-refractivity contribution in [3.05, 3.63) is 53.9 Å². The lowest BCUT2D eigenvalue weighted by Gasteiger charge is -2.32. The Morgan fingerprint density at radius 3 is 2.39 bits per heavy atom. The minimum Gasteiger partial charge on any atom is -0.0801 e. The smallest absolute Gasteiger partial charge is 0.00865 e. The van der Waals surface area contributed by atoms with Gasteiger partial charge in [-0.05, 0) is 43.5 Å². The lowest BCUT2D eigenvalue weighted by Crippen LogP contribution is -2.17. The van der Waals surface area contributed by atoms with Crippen LogP contribution in [0.2, 0.25) is 0 Å². The van der Waals surface area contributed by atoms with Crippen LogP contribution in [0.25, 0.3) is 0 Å². The molecule has 0 bridgehead atoms. The van der Waals surface area contributed by atoms with Gasteiger partial charge >= 0.3 is 0 Å². The van der Waals surface area contributed by atoms with Crippen molar-refractivity contribution in [2.45, 2.75) is 44.2 Å². The molecule has 18 heavy (non-hydrogen) atoms. The highest BCUT2D eigenvalue weighted by molar-refractivity contribution is 7.70. The third-order valence-corrected chi connectivity index (χ3v) is 7.09. The van der Waals surface area contributed by atoms with E-state index in [9.17, 15) is 0 Å². The molecule has 1 fully saturated rings. The Labute approximate surface area is 112 Å². The minimum absolute atomic E-state index is 0.0765. The van der Waals surface area contributed by atoms with Crippen LogP contribution >= 0.6 is 7.92 Å². The fourth-order valence-corrected chi connectivity index (χ4v) is 6.30. The average molecular weight is 256 g/mol. The van der Waals surface area contributed by atoms with Gasteiger partial charge in [0.15, 0.2) is 0 Å². The van der Waals surface area contributed by atoms with Crippen LogP contribution in [0.5, 0.6) is 0 Å². The molecule has 0 aromatic heterocycles. The molecular formula is C17H21P. The monoisotopic (exact) mass is 256 g/mol. The van der Waals surface area contributed by atoms with E-state index in [-0.39, 0.29) is 7.92 Å². The second-order valence-corrected chi connectivity index (χ2v) is 7.85. The van der Waals surface area contributed by atoms with Crippen molar-refractivity contribution in [2.75, 3.05) is 0 Å². The fourth-order valence-electron chi connectivity index (χ4n) is 3.15. The van der Waals surface area contributed by atoms with Crippen molar-refractivity contribution in [1.29, 1.82) is 0 Å². The zero-order chi connectivity index (χ0) is 12.2. The molecule has 3 rings (SSSR count). The third-order valence-electron chi connectivity index (χ3n) is 4.04. The molecule has 2 aliphatic rings. The molecule has 1 unspecified atom stereocenters. The van der Waals surface area contributed by atoms with E-state index >= 15 is 0 Å². The topological polar surface area (TPSA) is 0 Å². The van der Waals surface area contributed by atoms with Gasteiger partial charge < -0.3 is 0 Å². The highest BCUT2D eigenvalue weighted by Gasteiger charge is 2.27. The molecule has 0 aliphatic heterocycles. The number of allylic oxidation sites excluding steroid dienone is 4. The summed E-state index contributed by atoms with van der Waals surface area (Å²) < 4.78 is 0. The van der Waals surface area contributed by atoms with Gasteiger partial charge in [0.25, 0.3) is 0 Å². The molecule has 0 nitrogen and oxygen atoms in total. The highest BCUT2D eigenvalue weighted by atomic mass is 31.1. The molecule has 94 valence electrons. The maximum Gasteiger partial charge on any atom is -0.00865 e. The molecule has 0 saturated heterocycles. The standard InChI is InChI=1S/C17H21P/c1-3-9-15(10-4-1)18(17-13-7-8-14-17)16-11-5-2-6-12-16/h1,3-4,7-10,13,16H,2,5-6,11-12,14H2. The number of hydrogen-bond donors (Lipinski definition) is 0. The molecule has 0 radical (unpaired) electrons. The largest absolute Gasteiger partial charge is 0.0801 e. The van der Waals surface area contributed by atoms with Crippen molar-refractivity contribution < 1.29 is 0 Å². The van der Waals surface area contributed by atoms with E-state index in [1.54, 1.807) is 10.6 Å². The van der Waals surface area contributed by atoms with Crippen LogP contribution in [0.1, 0.15) is 38.5 Å². The molecule has 1 aromatic rings. The van der Waals surface area contributed by atoms with Crippen LogP contribution in [0.3, 0.4) is 0 Å². The molecule has 1 heteroatoms. The summed E-state index contributed by atoms with van der Waals surface area (Å²) in [6.45, 7) is 0. The summed E-state index contributed by atoms with van der Waals surface area (Å²) in [6, 6.07) is 11.2. The van der Waals surface area contributed by atoms with Gasteiger partial charge in [0.2, 0.25) is 0 Å². The fraction of sp³-hybridized carbons (Fsp3) is 0.412. The first-order chi connectivity index (χ1) is 8.95. The maximum atomic E-state index is 2.38. The molecule has 0 heterocycles. The van der Waals surface area contributed by atoms with E-state index in [0.717, 1.165) is 5.66 Å². The Balaban J connectivity index is 1.88. The quantitative estimate of drug-likeness (QED) is 0.670. The van der Waals surface area contributed by atoms with Crippen LogP contribution < -0.4 is 5.30 Å². The van der Waals surface area contributed by atoms with Gasteiger partial charge in [-0.3, -0.25) is 0 Å². The Morgan fingerprint density at radius 1 is 0.944 bits per heavy atom. The Bertz CT molecular complexity index is 438. The van der Waals surface area contributed by atoms with Crippen LogP contribution in [-0.4, -0.2) is 5.66 Å². The molecule has 0 amide bonds. The van der Waals surface area contributed by atoms with Crippen LogP contribution in [0.15, 0.2) is 53.9 Å². The third kappa shape index (κ3) is 2.59. The van der Waals surface area contributed by atoms with Gasteiger partial charge in [-0.1, -0.05) is 67.8 Å². The van der Waals surface area contributed by atoms with E-state index in [4.69, 9.17) is 0 Å². The first kappa shape index (κ1) is 12.2. The number of benzene rings is 1. The Hall–Kier alpha value is -0.870. The van der Waals surface area contributed by atoms with E-state index in [1.807, 2.05) is 0 Å². The Kier molecular flexibility index (Phi) is 3.96.